The van der Waals surface area contributed by atoms with Crippen LogP contribution in [0.2, 0.25) is 0 Å². The van der Waals surface area contributed by atoms with Gasteiger partial charge in [0.25, 0.3) is 0 Å². The molecule has 0 bridgehead atoms. The van der Waals surface area contributed by atoms with Crippen LogP contribution in [-0.4, -0.2) is 63.5 Å². The molecule has 3 aromatic heterocycles. The minimum absolute atomic E-state index is 0.166. The van der Waals surface area contributed by atoms with Crippen molar-refractivity contribution in [3.8, 4) is 11.5 Å². The molecule has 11 nitrogen and oxygen atoms in total. The van der Waals surface area contributed by atoms with E-state index in [-0.39, 0.29) is 17.2 Å². The summed E-state index contributed by atoms with van der Waals surface area (Å²) in [5, 5.41) is 7.84. The second-order valence-electron chi connectivity index (χ2n) is 7.12. The number of aromatic nitrogens is 6. The Morgan fingerprint density at radius 2 is 1.77 bits per heavy atom. The van der Waals surface area contributed by atoms with Crippen LogP contribution in [0.15, 0.2) is 42.1 Å². The first kappa shape index (κ1) is 19.9. The molecular weight excluding hydrogens is 408 g/mol. The van der Waals surface area contributed by atoms with Crippen molar-refractivity contribution in [2.45, 2.75) is 25.0 Å². The molecule has 4 rings (SSSR count). The van der Waals surface area contributed by atoms with Crippen molar-refractivity contribution in [1.29, 1.82) is 0 Å². The van der Waals surface area contributed by atoms with E-state index in [4.69, 9.17) is 0 Å². The summed E-state index contributed by atoms with van der Waals surface area (Å²) in [7, 11) is -3.51. The van der Waals surface area contributed by atoms with E-state index in [1.54, 1.807) is 17.3 Å². The lowest BCUT2D eigenvalue weighted by Crippen LogP contribution is -2.32. The van der Waals surface area contributed by atoms with Gasteiger partial charge >= 0.3 is 6.03 Å². The van der Waals surface area contributed by atoms with Crippen LogP contribution < -0.4 is 9.80 Å². The number of hydrogen-bond acceptors (Lipinski definition) is 8. The molecule has 1 saturated heterocycles. The fraction of sp³-hybridized carbons (Fsp3) is 0.333. The SMILES string of the molecule is CC(C)n1cnnc1-c1cccc(N2CCN(c3cnc(S(C)(=O)=O)nc3)C2=O)n1. The van der Waals surface area contributed by atoms with Crippen molar-refractivity contribution >= 4 is 27.4 Å². The van der Waals surface area contributed by atoms with Crippen LogP contribution in [0.3, 0.4) is 0 Å². The van der Waals surface area contributed by atoms with Gasteiger partial charge in [-0.25, -0.2) is 28.2 Å². The van der Waals surface area contributed by atoms with Crippen LogP contribution in [0, 0.1) is 0 Å². The van der Waals surface area contributed by atoms with Gasteiger partial charge in [0.15, 0.2) is 5.82 Å². The first-order chi connectivity index (χ1) is 14.3. The van der Waals surface area contributed by atoms with Crippen LogP contribution in [0.1, 0.15) is 19.9 Å². The predicted octanol–water partition coefficient (Wildman–Crippen LogP) is 1.56. The lowest BCUT2D eigenvalue weighted by molar-refractivity contribution is 0.255. The molecular formula is C18H20N8O3S. The number of rotatable bonds is 5. The number of pyridine rings is 1. The van der Waals surface area contributed by atoms with Crippen molar-refractivity contribution in [3.05, 3.63) is 36.9 Å². The number of sulfone groups is 1. The molecule has 0 aliphatic carbocycles. The molecule has 4 heterocycles. The van der Waals surface area contributed by atoms with Crippen LogP contribution in [0.25, 0.3) is 11.5 Å². The third-order valence-corrected chi connectivity index (χ3v) is 5.51. The lowest BCUT2D eigenvalue weighted by atomic mass is 10.3. The Hall–Kier alpha value is -3.41. The maximum atomic E-state index is 13.0. The second-order valence-corrected chi connectivity index (χ2v) is 9.03. The van der Waals surface area contributed by atoms with Gasteiger partial charge < -0.3 is 4.57 Å². The standard InChI is InChI=1S/C18H20N8O3S/c1-12(2)26-11-21-23-16(26)14-5-4-6-15(22-14)25-8-7-24(18(25)27)13-9-19-17(20-10-13)30(3,28)29/h4-6,9-12H,7-8H2,1-3H3. The van der Waals surface area contributed by atoms with Crippen LogP contribution in [0.4, 0.5) is 16.3 Å². The Labute approximate surface area is 173 Å². The molecule has 0 saturated carbocycles. The highest BCUT2D eigenvalue weighted by molar-refractivity contribution is 7.90. The van der Waals surface area contributed by atoms with Crippen molar-refractivity contribution in [3.63, 3.8) is 0 Å². The topological polar surface area (TPSA) is 127 Å². The molecule has 0 radical (unpaired) electrons. The zero-order valence-corrected chi connectivity index (χ0v) is 17.5. The largest absolute Gasteiger partial charge is 0.330 e. The van der Waals surface area contributed by atoms with E-state index >= 15 is 0 Å². The third-order valence-electron chi connectivity index (χ3n) is 4.64. The van der Waals surface area contributed by atoms with Crippen molar-refractivity contribution in [2.24, 2.45) is 0 Å². The van der Waals surface area contributed by atoms with Crippen LogP contribution in [0.5, 0.6) is 0 Å². The normalized spacial score (nSPS) is 14.7. The summed E-state index contributed by atoms with van der Waals surface area (Å²) in [4.78, 5) is 28.3. The smallest absolute Gasteiger partial charge is 0.310 e. The summed E-state index contributed by atoms with van der Waals surface area (Å²) < 4.78 is 25.0. The molecule has 12 heteroatoms. The third kappa shape index (κ3) is 3.61. The highest BCUT2D eigenvalue weighted by atomic mass is 32.2. The fourth-order valence-corrected chi connectivity index (χ4v) is 3.62. The molecule has 0 aromatic carbocycles. The fourth-order valence-electron chi connectivity index (χ4n) is 3.13. The number of amides is 2. The van der Waals surface area contributed by atoms with E-state index in [2.05, 4.69) is 25.1 Å². The van der Waals surface area contributed by atoms with Crippen LogP contribution >= 0.6 is 0 Å². The maximum absolute atomic E-state index is 13.0. The number of hydrogen-bond donors (Lipinski definition) is 0. The van der Waals surface area contributed by atoms with Gasteiger partial charge in [-0.1, -0.05) is 6.07 Å². The first-order valence-corrected chi connectivity index (χ1v) is 11.1. The van der Waals surface area contributed by atoms with Gasteiger partial charge in [-0.2, -0.15) is 0 Å². The van der Waals surface area contributed by atoms with Crippen molar-refractivity contribution in [2.75, 3.05) is 29.1 Å². The Morgan fingerprint density at radius 3 is 2.43 bits per heavy atom. The highest BCUT2D eigenvalue weighted by Crippen LogP contribution is 2.26. The van der Waals surface area contributed by atoms with Gasteiger partial charge in [0.2, 0.25) is 15.0 Å². The van der Waals surface area contributed by atoms with Gasteiger partial charge in [0.1, 0.15) is 17.8 Å². The maximum Gasteiger partial charge on any atom is 0.330 e. The summed E-state index contributed by atoms with van der Waals surface area (Å²) in [6.45, 7) is 4.86. The van der Waals surface area contributed by atoms with E-state index in [9.17, 15) is 13.2 Å². The predicted molar refractivity (Wildman–Crippen MR) is 109 cm³/mol. The number of carbonyl (C=O) groups is 1. The van der Waals surface area contributed by atoms with Gasteiger partial charge in [0, 0.05) is 25.4 Å². The minimum Gasteiger partial charge on any atom is -0.310 e. The van der Waals surface area contributed by atoms with E-state index in [1.807, 2.05) is 30.5 Å². The summed E-state index contributed by atoms with van der Waals surface area (Å²) in [6.07, 6.45) is 5.35. The number of carbonyl (C=O) groups excluding carboxylic acids is 1. The zero-order chi connectivity index (χ0) is 21.5. The van der Waals surface area contributed by atoms with Gasteiger partial charge in [-0.05, 0) is 26.0 Å². The Bertz CT molecular complexity index is 1190. The molecule has 1 aliphatic heterocycles. The molecule has 1 aliphatic rings. The van der Waals surface area contributed by atoms with Gasteiger partial charge in [-0.3, -0.25) is 9.80 Å². The molecule has 0 atom stereocenters. The zero-order valence-electron chi connectivity index (χ0n) is 16.7. The van der Waals surface area contributed by atoms with E-state index in [1.165, 1.54) is 17.3 Å². The summed E-state index contributed by atoms with van der Waals surface area (Å²) >= 11 is 0. The summed E-state index contributed by atoms with van der Waals surface area (Å²) in [6, 6.07) is 5.27. The van der Waals surface area contributed by atoms with E-state index in [0.717, 1.165) is 6.26 Å². The van der Waals surface area contributed by atoms with E-state index < -0.39 is 9.84 Å². The molecule has 0 spiro atoms. The average Bonchev–Trinajstić information content (AvgIpc) is 3.35. The molecule has 2 amide bonds. The molecule has 156 valence electrons. The Kier molecular flexibility index (Phi) is 4.94. The average molecular weight is 428 g/mol. The second kappa shape index (κ2) is 7.44. The summed E-state index contributed by atoms with van der Waals surface area (Å²) in [5.74, 6) is 1.12. The summed E-state index contributed by atoms with van der Waals surface area (Å²) in [5.41, 5.74) is 1.04. The molecule has 3 aromatic rings. The number of anilines is 2. The quantitative estimate of drug-likeness (QED) is 0.560. The lowest BCUT2D eigenvalue weighted by Gasteiger charge is -2.18. The van der Waals surface area contributed by atoms with Gasteiger partial charge in [-0.15, -0.1) is 10.2 Å². The first-order valence-electron chi connectivity index (χ1n) is 9.24. The molecule has 30 heavy (non-hydrogen) atoms. The monoisotopic (exact) mass is 428 g/mol. The van der Waals surface area contributed by atoms with E-state index in [0.29, 0.717) is 36.1 Å². The van der Waals surface area contributed by atoms with Crippen molar-refractivity contribution < 1.29 is 13.2 Å². The van der Waals surface area contributed by atoms with Gasteiger partial charge in [0.05, 0.1) is 18.1 Å². The number of nitrogens with zero attached hydrogens (tertiary/aromatic N) is 8. The van der Waals surface area contributed by atoms with Crippen LogP contribution in [-0.2, 0) is 9.84 Å². The van der Waals surface area contributed by atoms with Crippen molar-refractivity contribution in [1.82, 2.24) is 29.7 Å². The molecule has 0 N–H and O–H groups in total. The number of urea groups is 1. The Balaban J connectivity index is 1.59. The minimum atomic E-state index is -3.51. The molecule has 1 fully saturated rings. The Morgan fingerprint density at radius 1 is 1.07 bits per heavy atom. The molecule has 0 unspecified atom stereocenters. The highest BCUT2D eigenvalue weighted by Gasteiger charge is 2.32.